The van der Waals surface area contributed by atoms with Crippen LogP contribution in [0.1, 0.15) is 44.5 Å². The molecule has 5 nitrogen and oxygen atoms in total. The van der Waals surface area contributed by atoms with Crippen molar-refractivity contribution < 1.29 is 4.79 Å². The van der Waals surface area contributed by atoms with E-state index in [1.807, 2.05) is 18.2 Å². The van der Waals surface area contributed by atoms with Crippen LogP contribution < -0.4 is 10.2 Å². The summed E-state index contributed by atoms with van der Waals surface area (Å²) in [6, 6.07) is 10.1. The van der Waals surface area contributed by atoms with E-state index in [4.69, 9.17) is 0 Å². The zero-order chi connectivity index (χ0) is 17.6. The molecule has 0 unspecified atom stereocenters. The van der Waals surface area contributed by atoms with Gasteiger partial charge in [-0.15, -0.1) is 0 Å². The number of carbonyl (C=O) groups excluding carboxylic acids is 1. The van der Waals surface area contributed by atoms with Gasteiger partial charge in [-0.2, -0.15) is 4.37 Å². The molecule has 1 fully saturated rings. The first-order chi connectivity index (χ1) is 12.1. The lowest BCUT2D eigenvalue weighted by Crippen LogP contribution is -2.43. The van der Waals surface area contributed by atoms with Gasteiger partial charge in [-0.25, -0.2) is 4.98 Å². The Labute approximate surface area is 153 Å². The Morgan fingerprint density at radius 3 is 2.92 bits per heavy atom. The van der Waals surface area contributed by atoms with E-state index in [2.05, 4.69) is 45.6 Å². The molecule has 2 aromatic rings. The van der Waals surface area contributed by atoms with Crippen LogP contribution in [0.25, 0.3) is 0 Å². The number of amides is 1. The van der Waals surface area contributed by atoms with Gasteiger partial charge in [0.1, 0.15) is 11.9 Å². The molecule has 1 amide bonds. The van der Waals surface area contributed by atoms with Crippen molar-refractivity contribution in [2.75, 3.05) is 18.0 Å². The molecule has 1 N–H and O–H groups in total. The summed E-state index contributed by atoms with van der Waals surface area (Å²) in [5.74, 6) is 1.55. The summed E-state index contributed by atoms with van der Waals surface area (Å²) in [7, 11) is 0. The van der Waals surface area contributed by atoms with Crippen molar-refractivity contribution in [3.63, 3.8) is 0 Å². The molecule has 2 heterocycles. The maximum atomic E-state index is 12.5. The summed E-state index contributed by atoms with van der Waals surface area (Å²) < 4.78 is 4.49. The zero-order valence-electron chi connectivity index (χ0n) is 14.9. The van der Waals surface area contributed by atoms with Gasteiger partial charge in [-0.3, -0.25) is 4.79 Å². The lowest BCUT2D eigenvalue weighted by atomic mass is 10.1. The van der Waals surface area contributed by atoms with Gasteiger partial charge in [0.05, 0.1) is 0 Å². The molecule has 0 aliphatic carbocycles. The smallest absolute Gasteiger partial charge is 0.242 e. The minimum Gasteiger partial charge on any atom is -0.354 e. The van der Waals surface area contributed by atoms with Crippen LogP contribution in [0.4, 0.5) is 5.13 Å². The first kappa shape index (κ1) is 17.9. The molecule has 1 aromatic carbocycles. The second-order valence-electron chi connectivity index (χ2n) is 6.98. The van der Waals surface area contributed by atoms with Crippen molar-refractivity contribution in [3.05, 3.63) is 41.7 Å². The second-order valence-corrected chi connectivity index (χ2v) is 7.71. The number of hydrogen-bond donors (Lipinski definition) is 1. The van der Waals surface area contributed by atoms with Gasteiger partial charge in [0.2, 0.25) is 11.0 Å². The Morgan fingerprint density at radius 2 is 2.16 bits per heavy atom. The lowest BCUT2D eigenvalue weighted by molar-refractivity contribution is -0.122. The van der Waals surface area contributed by atoms with Gasteiger partial charge in [-0.1, -0.05) is 44.2 Å². The molecule has 1 saturated heterocycles. The van der Waals surface area contributed by atoms with E-state index in [1.165, 1.54) is 17.1 Å². The minimum atomic E-state index is -0.107. The average molecular weight is 359 g/mol. The molecule has 1 atom stereocenters. The van der Waals surface area contributed by atoms with Crippen LogP contribution in [-0.2, 0) is 11.2 Å². The third-order valence-electron chi connectivity index (χ3n) is 4.48. The van der Waals surface area contributed by atoms with Crippen LogP contribution in [0, 0.1) is 5.92 Å². The highest BCUT2D eigenvalue weighted by Gasteiger charge is 2.32. The Balaban J connectivity index is 1.61. The van der Waals surface area contributed by atoms with Crippen LogP contribution >= 0.6 is 11.5 Å². The van der Waals surface area contributed by atoms with E-state index in [-0.39, 0.29) is 11.9 Å². The molecule has 0 bridgehead atoms. The number of carbonyl (C=O) groups is 1. The van der Waals surface area contributed by atoms with Crippen molar-refractivity contribution in [1.82, 2.24) is 14.7 Å². The van der Waals surface area contributed by atoms with Crippen molar-refractivity contribution in [2.24, 2.45) is 5.92 Å². The van der Waals surface area contributed by atoms with E-state index >= 15 is 0 Å². The number of rotatable bonds is 7. The first-order valence-electron chi connectivity index (χ1n) is 9.04. The minimum absolute atomic E-state index is 0.107. The molecule has 1 aromatic heterocycles. The maximum absolute atomic E-state index is 12.5. The fraction of sp³-hybridized carbons (Fsp3) is 0.526. The van der Waals surface area contributed by atoms with Gasteiger partial charge >= 0.3 is 0 Å². The Morgan fingerprint density at radius 1 is 1.36 bits per heavy atom. The number of anilines is 1. The number of nitrogens with one attached hydrogen (secondary N) is 1. The van der Waals surface area contributed by atoms with E-state index in [0.717, 1.165) is 49.7 Å². The SMILES string of the molecule is CC(C)CCNC(=O)[C@@H]1CCCN1c1nc(Cc2ccccc2)ns1. The molecule has 1 aliphatic rings. The summed E-state index contributed by atoms with van der Waals surface area (Å²) in [6.07, 6.45) is 3.66. The highest BCUT2D eigenvalue weighted by atomic mass is 32.1. The first-order valence-corrected chi connectivity index (χ1v) is 9.81. The molecule has 1 aliphatic heterocycles. The fourth-order valence-electron chi connectivity index (χ4n) is 3.08. The van der Waals surface area contributed by atoms with Gasteiger partial charge in [0.25, 0.3) is 0 Å². The molecular weight excluding hydrogens is 332 g/mol. The van der Waals surface area contributed by atoms with Crippen molar-refractivity contribution in [3.8, 4) is 0 Å². The van der Waals surface area contributed by atoms with E-state index in [0.29, 0.717) is 5.92 Å². The van der Waals surface area contributed by atoms with Crippen molar-refractivity contribution in [2.45, 2.75) is 45.6 Å². The molecule has 6 heteroatoms. The quantitative estimate of drug-likeness (QED) is 0.825. The summed E-state index contributed by atoms with van der Waals surface area (Å²) in [5, 5.41) is 3.95. The van der Waals surface area contributed by atoms with Gasteiger partial charge in [0, 0.05) is 31.0 Å². The van der Waals surface area contributed by atoms with Crippen LogP contribution in [0.15, 0.2) is 30.3 Å². The standard InChI is InChI=1S/C19H26N4OS/c1-14(2)10-11-20-18(24)16-9-6-12-23(16)19-21-17(22-25-19)13-15-7-4-3-5-8-15/h3-5,7-8,14,16H,6,9-13H2,1-2H3,(H,20,24)/t16-/m0/s1. The predicted octanol–water partition coefficient (Wildman–Crippen LogP) is 3.26. The summed E-state index contributed by atoms with van der Waals surface area (Å²) in [4.78, 5) is 19.3. The Hall–Kier alpha value is -1.95. The third-order valence-corrected chi connectivity index (χ3v) is 5.28. The number of benzene rings is 1. The average Bonchev–Trinajstić information content (AvgIpc) is 3.24. The topological polar surface area (TPSA) is 58.1 Å². The van der Waals surface area contributed by atoms with E-state index in [9.17, 15) is 4.79 Å². The monoisotopic (exact) mass is 358 g/mol. The van der Waals surface area contributed by atoms with E-state index < -0.39 is 0 Å². The predicted molar refractivity (Wildman–Crippen MR) is 102 cm³/mol. The fourth-order valence-corrected chi connectivity index (χ4v) is 3.84. The molecule has 0 spiro atoms. The normalized spacial score (nSPS) is 17.2. The lowest BCUT2D eigenvalue weighted by Gasteiger charge is -2.22. The van der Waals surface area contributed by atoms with Crippen LogP contribution in [0.3, 0.4) is 0 Å². The Kier molecular flexibility index (Phi) is 6.02. The molecule has 0 saturated carbocycles. The van der Waals surface area contributed by atoms with Crippen molar-refractivity contribution >= 4 is 22.6 Å². The molecule has 3 rings (SSSR count). The van der Waals surface area contributed by atoms with Crippen LogP contribution in [-0.4, -0.2) is 34.4 Å². The highest BCUT2D eigenvalue weighted by Crippen LogP contribution is 2.27. The van der Waals surface area contributed by atoms with Crippen LogP contribution in [0.5, 0.6) is 0 Å². The van der Waals surface area contributed by atoms with Gasteiger partial charge in [-0.05, 0) is 30.7 Å². The summed E-state index contributed by atoms with van der Waals surface area (Å²) >= 11 is 1.40. The van der Waals surface area contributed by atoms with Gasteiger partial charge in [0.15, 0.2) is 0 Å². The second kappa shape index (κ2) is 8.43. The maximum Gasteiger partial charge on any atom is 0.242 e. The number of nitrogens with zero attached hydrogens (tertiary/aromatic N) is 3. The summed E-state index contributed by atoms with van der Waals surface area (Å²) in [5.41, 5.74) is 1.20. The molecule has 0 radical (unpaired) electrons. The van der Waals surface area contributed by atoms with Crippen LogP contribution in [0.2, 0.25) is 0 Å². The zero-order valence-corrected chi connectivity index (χ0v) is 15.8. The van der Waals surface area contributed by atoms with Gasteiger partial charge < -0.3 is 10.2 Å². The molecular formula is C19H26N4OS. The largest absolute Gasteiger partial charge is 0.354 e. The molecule has 25 heavy (non-hydrogen) atoms. The summed E-state index contributed by atoms with van der Waals surface area (Å²) in [6.45, 7) is 5.96. The number of aromatic nitrogens is 2. The van der Waals surface area contributed by atoms with E-state index in [1.54, 1.807) is 0 Å². The Bertz CT molecular complexity index is 686. The van der Waals surface area contributed by atoms with Crippen molar-refractivity contribution in [1.29, 1.82) is 0 Å². The number of hydrogen-bond acceptors (Lipinski definition) is 5. The third kappa shape index (κ3) is 4.78. The highest BCUT2D eigenvalue weighted by molar-refractivity contribution is 7.09. The molecule has 134 valence electrons.